The van der Waals surface area contributed by atoms with E-state index in [2.05, 4.69) is 24.8 Å². The summed E-state index contributed by atoms with van der Waals surface area (Å²) in [5.74, 6) is 1.79. The van der Waals surface area contributed by atoms with Crippen LogP contribution in [-0.4, -0.2) is 41.1 Å². The molecule has 0 aliphatic carbocycles. The minimum absolute atomic E-state index is 0.695. The smallest absolute Gasteiger partial charge is 0.225 e. The van der Waals surface area contributed by atoms with Crippen molar-refractivity contribution in [2.24, 2.45) is 0 Å². The highest BCUT2D eigenvalue weighted by atomic mass is 15.3. The molecular weight excluding hydrogens is 252 g/mol. The molecule has 0 bridgehead atoms. The van der Waals surface area contributed by atoms with Crippen LogP contribution < -0.4 is 15.5 Å². The molecule has 0 aromatic carbocycles. The van der Waals surface area contributed by atoms with Crippen LogP contribution in [0.2, 0.25) is 0 Å². The van der Waals surface area contributed by atoms with E-state index >= 15 is 0 Å². The van der Waals surface area contributed by atoms with E-state index in [1.165, 1.54) is 0 Å². The van der Waals surface area contributed by atoms with Gasteiger partial charge in [0.1, 0.15) is 5.82 Å². The Morgan fingerprint density at radius 1 is 1.00 bits per heavy atom. The largest absolute Gasteiger partial charge is 0.397 e. The van der Waals surface area contributed by atoms with Gasteiger partial charge in [-0.25, -0.2) is 15.0 Å². The van der Waals surface area contributed by atoms with Crippen molar-refractivity contribution in [2.45, 2.75) is 6.92 Å². The lowest BCUT2D eigenvalue weighted by molar-refractivity contribution is 0.634. The van der Waals surface area contributed by atoms with Crippen molar-refractivity contribution in [3.63, 3.8) is 0 Å². The molecule has 0 unspecified atom stereocenters. The standard InChI is InChI=1S/C14H18N6/c1-11-4-5-16-14(18-11)20-8-6-19(7-9-20)13-3-2-12(15)10-17-13/h2-5,10H,6-9,15H2,1H3. The molecule has 6 heteroatoms. The Morgan fingerprint density at radius 3 is 2.40 bits per heavy atom. The molecule has 20 heavy (non-hydrogen) atoms. The molecule has 1 aliphatic heterocycles. The molecule has 2 aromatic rings. The molecule has 2 N–H and O–H groups in total. The van der Waals surface area contributed by atoms with E-state index in [1.54, 1.807) is 6.20 Å². The molecule has 0 saturated carbocycles. The summed E-state index contributed by atoms with van der Waals surface area (Å²) in [6, 6.07) is 5.77. The Bertz CT molecular complexity index is 574. The van der Waals surface area contributed by atoms with Crippen LogP contribution in [-0.2, 0) is 0 Å². The van der Waals surface area contributed by atoms with Crippen molar-refractivity contribution in [1.29, 1.82) is 0 Å². The number of anilines is 3. The third-order valence-corrected chi connectivity index (χ3v) is 3.44. The third kappa shape index (κ3) is 2.64. The molecule has 6 nitrogen and oxygen atoms in total. The van der Waals surface area contributed by atoms with E-state index in [4.69, 9.17) is 5.73 Å². The predicted octanol–water partition coefficient (Wildman–Crippen LogP) is 1.09. The van der Waals surface area contributed by atoms with Gasteiger partial charge >= 0.3 is 0 Å². The van der Waals surface area contributed by atoms with Gasteiger partial charge in [0.2, 0.25) is 5.95 Å². The van der Waals surface area contributed by atoms with E-state index in [0.29, 0.717) is 5.69 Å². The lowest BCUT2D eigenvalue weighted by atomic mass is 10.3. The van der Waals surface area contributed by atoms with Gasteiger partial charge < -0.3 is 15.5 Å². The fourth-order valence-electron chi connectivity index (χ4n) is 2.31. The molecule has 1 fully saturated rings. The van der Waals surface area contributed by atoms with Crippen LogP contribution in [0.25, 0.3) is 0 Å². The van der Waals surface area contributed by atoms with Crippen LogP contribution in [0.3, 0.4) is 0 Å². The quantitative estimate of drug-likeness (QED) is 0.880. The first kappa shape index (κ1) is 12.7. The lowest BCUT2D eigenvalue weighted by Gasteiger charge is -2.35. The number of nitrogen functional groups attached to an aromatic ring is 1. The van der Waals surface area contributed by atoms with Crippen molar-refractivity contribution in [3.05, 3.63) is 36.3 Å². The van der Waals surface area contributed by atoms with Gasteiger partial charge in [0.25, 0.3) is 0 Å². The van der Waals surface area contributed by atoms with Gasteiger partial charge in [-0.2, -0.15) is 0 Å². The monoisotopic (exact) mass is 270 g/mol. The van der Waals surface area contributed by atoms with Gasteiger partial charge in [0.15, 0.2) is 0 Å². The summed E-state index contributed by atoms with van der Waals surface area (Å²) in [6.45, 7) is 5.60. The Labute approximate surface area is 118 Å². The molecular formula is C14H18N6. The van der Waals surface area contributed by atoms with Crippen LogP contribution >= 0.6 is 0 Å². The first-order valence-corrected chi connectivity index (χ1v) is 6.73. The summed E-state index contributed by atoms with van der Waals surface area (Å²) in [5.41, 5.74) is 7.36. The van der Waals surface area contributed by atoms with Gasteiger partial charge in [0, 0.05) is 38.1 Å². The minimum Gasteiger partial charge on any atom is -0.397 e. The second-order valence-corrected chi connectivity index (χ2v) is 4.92. The van der Waals surface area contributed by atoms with Gasteiger partial charge in [-0.3, -0.25) is 0 Å². The van der Waals surface area contributed by atoms with E-state index in [-0.39, 0.29) is 0 Å². The first-order chi connectivity index (χ1) is 9.72. The lowest BCUT2D eigenvalue weighted by Crippen LogP contribution is -2.47. The zero-order valence-electron chi connectivity index (χ0n) is 11.5. The Kier molecular flexibility index (Phi) is 3.37. The summed E-state index contributed by atoms with van der Waals surface area (Å²) < 4.78 is 0. The Balaban J connectivity index is 1.66. The van der Waals surface area contributed by atoms with Crippen molar-refractivity contribution >= 4 is 17.5 Å². The number of hydrogen-bond acceptors (Lipinski definition) is 6. The summed E-state index contributed by atoms with van der Waals surface area (Å²) in [6.07, 6.45) is 3.51. The van der Waals surface area contributed by atoms with Crippen LogP contribution in [0, 0.1) is 6.92 Å². The van der Waals surface area contributed by atoms with E-state index in [9.17, 15) is 0 Å². The molecule has 104 valence electrons. The second kappa shape index (κ2) is 5.32. The average Bonchev–Trinajstić information content (AvgIpc) is 2.48. The van der Waals surface area contributed by atoms with Crippen LogP contribution in [0.1, 0.15) is 5.69 Å². The number of piperazine rings is 1. The van der Waals surface area contributed by atoms with Gasteiger partial charge in [0.05, 0.1) is 11.9 Å². The second-order valence-electron chi connectivity index (χ2n) is 4.92. The summed E-state index contributed by atoms with van der Waals surface area (Å²) >= 11 is 0. The highest BCUT2D eigenvalue weighted by Crippen LogP contribution is 2.17. The maximum Gasteiger partial charge on any atom is 0.225 e. The van der Waals surface area contributed by atoms with Gasteiger partial charge in [-0.05, 0) is 25.1 Å². The van der Waals surface area contributed by atoms with Crippen molar-refractivity contribution < 1.29 is 0 Å². The van der Waals surface area contributed by atoms with Crippen molar-refractivity contribution in [1.82, 2.24) is 15.0 Å². The molecule has 3 heterocycles. The van der Waals surface area contributed by atoms with E-state index in [1.807, 2.05) is 31.3 Å². The van der Waals surface area contributed by atoms with Gasteiger partial charge in [-0.1, -0.05) is 0 Å². The predicted molar refractivity (Wildman–Crippen MR) is 79.8 cm³/mol. The molecule has 0 atom stereocenters. The Morgan fingerprint density at radius 2 is 1.75 bits per heavy atom. The molecule has 0 amide bonds. The fourth-order valence-corrected chi connectivity index (χ4v) is 2.31. The maximum atomic E-state index is 5.66. The molecule has 0 spiro atoms. The molecule has 3 rings (SSSR count). The summed E-state index contributed by atoms with van der Waals surface area (Å²) in [7, 11) is 0. The third-order valence-electron chi connectivity index (χ3n) is 3.44. The van der Waals surface area contributed by atoms with Crippen molar-refractivity contribution in [2.75, 3.05) is 41.7 Å². The van der Waals surface area contributed by atoms with E-state index < -0.39 is 0 Å². The summed E-state index contributed by atoms with van der Waals surface area (Å²) in [5, 5.41) is 0. The number of nitrogens with zero attached hydrogens (tertiary/aromatic N) is 5. The minimum atomic E-state index is 0.695. The van der Waals surface area contributed by atoms with Crippen LogP contribution in [0.5, 0.6) is 0 Å². The number of rotatable bonds is 2. The average molecular weight is 270 g/mol. The van der Waals surface area contributed by atoms with Crippen molar-refractivity contribution in [3.8, 4) is 0 Å². The molecule has 2 aromatic heterocycles. The number of aryl methyl sites for hydroxylation is 1. The molecule has 0 radical (unpaired) electrons. The normalized spacial score (nSPS) is 15.4. The highest BCUT2D eigenvalue weighted by Gasteiger charge is 2.19. The molecule has 1 saturated heterocycles. The Hall–Kier alpha value is -2.37. The first-order valence-electron chi connectivity index (χ1n) is 6.73. The number of hydrogen-bond donors (Lipinski definition) is 1. The number of nitrogens with two attached hydrogens (primary N) is 1. The van der Waals surface area contributed by atoms with Crippen LogP contribution in [0.15, 0.2) is 30.6 Å². The highest BCUT2D eigenvalue weighted by molar-refractivity contribution is 5.47. The maximum absolute atomic E-state index is 5.66. The molecule has 1 aliphatic rings. The van der Waals surface area contributed by atoms with Gasteiger partial charge in [-0.15, -0.1) is 0 Å². The zero-order valence-corrected chi connectivity index (χ0v) is 11.5. The van der Waals surface area contributed by atoms with E-state index in [0.717, 1.165) is 43.6 Å². The topological polar surface area (TPSA) is 71.2 Å². The number of pyridine rings is 1. The zero-order chi connectivity index (χ0) is 13.9. The SMILES string of the molecule is Cc1ccnc(N2CCN(c3ccc(N)cn3)CC2)n1. The summed E-state index contributed by atoms with van der Waals surface area (Å²) in [4.78, 5) is 17.6. The fraction of sp³-hybridized carbons (Fsp3) is 0.357. The van der Waals surface area contributed by atoms with Crippen LogP contribution in [0.4, 0.5) is 17.5 Å². The number of aromatic nitrogens is 3.